The first-order valence-electron chi connectivity index (χ1n) is 13.5. The number of H-pyrrole nitrogens is 2. The van der Waals surface area contributed by atoms with E-state index in [0.29, 0.717) is 12.4 Å². The fraction of sp³-hybridized carbons (Fsp3) is 0.226. The Hall–Kier alpha value is -4.56. The predicted molar refractivity (Wildman–Crippen MR) is 152 cm³/mol. The third-order valence-corrected chi connectivity index (χ3v) is 7.36. The van der Waals surface area contributed by atoms with Gasteiger partial charge >= 0.3 is 0 Å². The average Bonchev–Trinajstić information content (AvgIpc) is 3.75. The summed E-state index contributed by atoms with van der Waals surface area (Å²) in [5.74, 6) is 2.48. The number of nitrogens with one attached hydrogen (secondary N) is 2. The van der Waals surface area contributed by atoms with Crippen molar-refractivity contribution in [1.29, 1.82) is 0 Å². The Morgan fingerprint density at radius 2 is 1.69 bits per heavy atom. The van der Waals surface area contributed by atoms with E-state index in [4.69, 9.17) is 9.72 Å². The van der Waals surface area contributed by atoms with Crippen LogP contribution >= 0.6 is 0 Å². The molecule has 3 aromatic carbocycles. The van der Waals surface area contributed by atoms with Gasteiger partial charge in [0, 0.05) is 34.8 Å². The van der Waals surface area contributed by atoms with Gasteiger partial charge in [-0.05, 0) is 85.2 Å². The number of ether oxygens (including phenoxy) is 1. The Balaban J connectivity index is 1.11. The Kier molecular flexibility index (Phi) is 6.22. The third kappa shape index (κ3) is 4.98. The number of benzene rings is 3. The summed E-state index contributed by atoms with van der Waals surface area (Å²) >= 11 is 0. The smallest absolute Gasteiger partial charge is 0.181 e. The molecule has 0 radical (unpaired) electrons. The molecule has 3 aromatic heterocycles. The van der Waals surface area contributed by atoms with E-state index in [1.807, 2.05) is 42.6 Å². The molecule has 1 fully saturated rings. The molecule has 1 aliphatic heterocycles. The summed E-state index contributed by atoms with van der Waals surface area (Å²) in [6.45, 7) is 3.67. The van der Waals surface area contributed by atoms with Crippen LogP contribution in [0.15, 0.2) is 79.0 Å². The fourth-order valence-corrected chi connectivity index (χ4v) is 5.30. The first kappa shape index (κ1) is 23.5. The molecule has 1 saturated heterocycles. The van der Waals surface area contributed by atoms with Crippen LogP contribution < -0.4 is 4.74 Å². The summed E-state index contributed by atoms with van der Waals surface area (Å²) in [5, 5.41) is 18.8. The number of hydrogen-bond donors (Lipinski definition) is 2. The molecule has 8 nitrogen and oxygen atoms in total. The standard InChI is InChI=1S/C31H29N7O/c1-2-13-32-25(5-1)12-16-39-26-10-8-21-17-23(7-6-22(21)18-26)30-27-19-24(9-11-28(27)34-36-30)31-33-29(35-37-31)20-38-14-3-4-15-38/h1-2,5-11,13,17-19H,3-4,12,14-16,20H2,(H,34,36)(H,33,35,37). The number of hydrogen-bond acceptors (Lipinski definition) is 6. The van der Waals surface area contributed by atoms with Crippen LogP contribution in [0.25, 0.3) is 44.3 Å². The lowest BCUT2D eigenvalue weighted by molar-refractivity contribution is 0.321. The van der Waals surface area contributed by atoms with E-state index in [9.17, 15) is 0 Å². The zero-order valence-electron chi connectivity index (χ0n) is 21.6. The van der Waals surface area contributed by atoms with E-state index in [1.165, 1.54) is 12.8 Å². The zero-order chi connectivity index (χ0) is 26.0. The van der Waals surface area contributed by atoms with Gasteiger partial charge in [0.15, 0.2) is 5.82 Å². The molecule has 6 aromatic rings. The molecule has 1 aliphatic rings. The maximum atomic E-state index is 6.00. The number of rotatable bonds is 8. The minimum Gasteiger partial charge on any atom is -0.493 e. The third-order valence-electron chi connectivity index (χ3n) is 7.36. The number of pyridine rings is 1. The van der Waals surface area contributed by atoms with Crippen LogP contribution in [-0.4, -0.2) is 55.0 Å². The summed E-state index contributed by atoms with van der Waals surface area (Å²) in [7, 11) is 0. The van der Waals surface area contributed by atoms with Crippen molar-refractivity contribution in [3.63, 3.8) is 0 Å². The molecule has 7 rings (SSSR count). The van der Waals surface area contributed by atoms with Gasteiger partial charge in [-0.15, -0.1) is 0 Å². The number of aromatic nitrogens is 6. The first-order chi connectivity index (χ1) is 19.3. The lowest BCUT2D eigenvalue weighted by Crippen LogP contribution is -2.19. The number of nitrogens with zero attached hydrogens (tertiary/aromatic N) is 5. The van der Waals surface area contributed by atoms with Crippen molar-refractivity contribution < 1.29 is 4.74 Å². The zero-order valence-corrected chi connectivity index (χ0v) is 21.6. The normalized spacial score (nSPS) is 13.9. The summed E-state index contributed by atoms with van der Waals surface area (Å²) in [5.41, 5.74) is 4.96. The van der Waals surface area contributed by atoms with Gasteiger partial charge in [0.1, 0.15) is 11.6 Å². The number of likely N-dealkylation sites (tertiary alicyclic amines) is 1. The molecule has 0 spiro atoms. The topological polar surface area (TPSA) is 95.6 Å². The lowest BCUT2D eigenvalue weighted by Gasteiger charge is -2.11. The van der Waals surface area contributed by atoms with E-state index in [0.717, 1.165) is 81.8 Å². The average molecular weight is 516 g/mol. The maximum Gasteiger partial charge on any atom is 0.181 e. The van der Waals surface area contributed by atoms with Gasteiger partial charge in [-0.1, -0.05) is 24.3 Å². The number of aromatic amines is 2. The summed E-state index contributed by atoms with van der Waals surface area (Å²) in [6.07, 6.45) is 5.11. The minimum absolute atomic E-state index is 0.590. The van der Waals surface area contributed by atoms with Crippen molar-refractivity contribution in [2.75, 3.05) is 19.7 Å². The summed E-state index contributed by atoms with van der Waals surface area (Å²) in [4.78, 5) is 11.5. The van der Waals surface area contributed by atoms with Crippen LogP contribution in [0.1, 0.15) is 24.4 Å². The molecule has 0 aliphatic carbocycles. The highest BCUT2D eigenvalue weighted by Crippen LogP contribution is 2.32. The second kappa shape index (κ2) is 10.3. The molecule has 194 valence electrons. The second-order valence-electron chi connectivity index (χ2n) is 10.1. The highest BCUT2D eigenvalue weighted by atomic mass is 16.5. The van der Waals surface area contributed by atoms with Crippen LogP contribution in [0.2, 0.25) is 0 Å². The summed E-state index contributed by atoms with van der Waals surface area (Å²) in [6, 6.07) is 24.8. The molecule has 39 heavy (non-hydrogen) atoms. The van der Waals surface area contributed by atoms with Crippen LogP contribution in [0.5, 0.6) is 5.75 Å². The van der Waals surface area contributed by atoms with E-state index in [1.54, 1.807) is 0 Å². The van der Waals surface area contributed by atoms with Crippen LogP contribution in [-0.2, 0) is 13.0 Å². The molecule has 0 bridgehead atoms. The highest BCUT2D eigenvalue weighted by molar-refractivity contribution is 5.97. The molecule has 0 unspecified atom stereocenters. The maximum absolute atomic E-state index is 6.00. The number of fused-ring (bicyclic) bond motifs is 2. The van der Waals surface area contributed by atoms with Gasteiger partial charge in [0.05, 0.1) is 24.4 Å². The van der Waals surface area contributed by atoms with Crippen LogP contribution in [0, 0.1) is 0 Å². The van der Waals surface area contributed by atoms with Crippen molar-refractivity contribution in [1.82, 2.24) is 35.3 Å². The monoisotopic (exact) mass is 515 g/mol. The molecule has 0 amide bonds. The lowest BCUT2D eigenvalue weighted by atomic mass is 10.0. The van der Waals surface area contributed by atoms with Crippen LogP contribution in [0.4, 0.5) is 0 Å². The Morgan fingerprint density at radius 1 is 0.821 bits per heavy atom. The van der Waals surface area contributed by atoms with Gasteiger partial charge in [0.2, 0.25) is 0 Å². The summed E-state index contributed by atoms with van der Waals surface area (Å²) < 4.78 is 6.00. The molecule has 8 heteroatoms. The quantitative estimate of drug-likeness (QED) is 0.267. The van der Waals surface area contributed by atoms with Crippen molar-refractivity contribution in [2.45, 2.75) is 25.8 Å². The van der Waals surface area contributed by atoms with E-state index in [-0.39, 0.29) is 0 Å². The van der Waals surface area contributed by atoms with Gasteiger partial charge in [-0.2, -0.15) is 10.2 Å². The van der Waals surface area contributed by atoms with Crippen molar-refractivity contribution in [2.24, 2.45) is 0 Å². The predicted octanol–water partition coefficient (Wildman–Crippen LogP) is 5.78. The van der Waals surface area contributed by atoms with Crippen molar-refractivity contribution in [3.8, 4) is 28.4 Å². The molecule has 0 saturated carbocycles. The SMILES string of the molecule is c1ccc(CCOc2ccc3cc(-c4n[nH]c5ccc(-c6n[nH]c(CN7CCCC7)n6)cc45)ccc3c2)nc1. The molecular formula is C31H29N7O. The second-order valence-corrected chi connectivity index (χ2v) is 10.1. The Labute approximate surface area is 226 Å². The molecule has 2 N–H and O–H groups in total. The van der Waals surface area contributed by atoms with E-state index < -0.39 is 0 Å². The Morgan fingerprint density at radius 3 is 2.59 bits per heavy atom. The van der Waals surface area contributed by atoms with E-state index >= 15 is 0 Å². The first-order valence-corrected chi connectivity index (χ1v) is 13.5. The molecule has 4 heterocycles. The fourth-order valence-electron chi connectivity index (χ4n) is 5.30. The molecule has 0 atom stereocenters. The van der Waals surface area contributed by atoms with Gasteiger partial charge in [-0.3, -0.25) is 20.1 Å². The minimum atomic E-state index is 0.590. The van der Waals surface area contributed by atoms with E-state index in [2.05, 4.69) is 66.7 Å². The molecular weight excluding hydrogens is 486 g/mol. The Bertz CT molecular complexity index is 1730. The van der Waals surface area contributed by atoms with Crippen molar-refractivity contribution >= 4 is 21.7 Å². The van der Waals surface area contributed by atoms with Gasteiger partial charge in [0.25, 0.3) is 0 Å². The van der Waals surface area contributed by atoms with Crippen molar-refractivity contribution in [3.05, 3.63) is 90.5 Å². The highest BCUT2D eigenvalue weighted by Gasteiger charge is 2.16. The van der Waals surface area contributed by atoms with Gasteiger partial charge in [-0.25, -0.2) is 4.98 Å². The van der Waals surface area contributed by atoms with Crippen LogP contribution in [0.3, 0.4) is 0 Å². The largest absolute Gasteiger partial charge is 0.493 e. The van der Waals surface area contributed by atoms with Gasteiger partial charge < -0.3 is 4.74 Å².